The molecule has 3 heteroatoms. The lowest BCUT2D eigenvalue weighted by Crippen LogP contribution is -2.23. The second kappa shape index (κ2) is 7.52. The summed E-state index contributed by atoms with van der Waals surface area (Å²) in [6, 6.07) is 5.64. The Balaban J connectivity index is 1.94. The Bertz CT molecular complexity index is 398. The predicted molar refractivity (Wildman–Crippen MR) is 82.0 cm³/mol. The van der Waals surface area contributed by atoms with Crippen LogP contribution in [-0.2, 0) is 6.42 Å². The number of halogens is 2. The van der Waals surface area contributed by atoms with Gasteiger partial charge in [0, 0.05) is 0 Å². The average Bonchev–Trinajstić information content (AvgIpc) is 2.33. The van der Waals surface area contributed by atoms with E-state index in [0.29, 0.717) is 22.4 Å². The third kappa shape index (κ3) is 4.66. The van der Waals surface area contributed by atoms with Gasteiger partial charge in [-0.3, -0.25) is 0 Å². The summed E-state index contributed by atoms with van der Waals surface area (Å²) >= 11 is 11.9. The third-order valence-electron chi connectivity index (χ3n) is 4.12. The van der Waals surface area contributed by atoms with Crippen molar-refractivity contribution in [2.24, 2.45) is 5.92 Å². The van der Waals surface area contributed by atoms with Gasteiger partial charge >= 0.3 is 0 Å². The second-order valence-corrected chi connectivity index (χ2v) is 6.44. The SMILES string of the molecule is OC(Cc1ccc(Cl)c(Cl)c1)C1CCCCCCC1. The van der Waals surface area contributed by atoms with Crippen molar-refractivity contribution in [3.63, 3.8) is 0 Å². The lowest BCUT2D eigenvalue weighted by Gasteiger charge is -2.25. The highest BCUT2D eigenvalue weighted by Gasteiger charge is 2.20. The van der Waals surface area contributed by atoms with E-state index in [-0.39, 0.29) is 6.10 Å². The van der Waals surface area contributed by atoms with Crippen LogP contribution in [0.4, 0.5) is 0 Å². The third-order valence-corrected chi connectivity index (χ3v) is 4.86. The molecule has 1 nitrogen and oxygen atoms in total. The molecule has 0 aliphatic heterocycles. The number of hydrogen-bond acceptors (Lipinski definition) is 1. The summed E-state index contributed by atoms with van der Waals surface area (Å²) in [6.45, 7) is 0. The van der Waals surface area contributed by atoms with E-state index in [2.05, 4.69) is 0 Å². The molecule has 0 radical (unpaired) electrons. The first-order chi connectivity index (χ1) is 9.16. The van der Waals surface area contributed by atoms with Gasteiger partial charge in [-0.1, -0.05) is 61.4 Å². The molecule has 1 N–H and O–H groups in total. The fourth-order valence-corrected chi connectivity index (χ4v) is 3.27. The fourth-order valence-electron chi connectivity index (χ4n) is 2.95. The van der Waals surface area contributed by atoms with Crippen LogP contribution < -0.4 is 0 Å². The average molecular weight is 301 g/mol. The Kier molecular flexibility index (Phi) is 6.00. The summed E-state index contributed by atoms with van der Waals surface area (Å²) in [5.74, 6) is 0.440. The zero-order valence-corrected chi connectivity index (χ0v) is 12.8. The normalized spacial score (nSPS) is 19.7. The Labute approximate surface area is 125 Å². The van der Waals surface area contributed by atoms with E-state index < -0.39 is 0 Å². The number of aliphatic hydroxyl groups excluding tert-OH is 1. The van der Waals surface area contributed by atoms with Crippen LogP contribution in [0.25, 0.3) is 0 Å². The Morgan fingerprint density at radius 1 is 1.00 bits per heavy atom. The van der Waals surface area contributed by atoms with Gasteiger partial charge in [-0.25, -0.2) is 0 Å². The molecular weight excluding hydrogens is 279 g/mol. The van der Waals surface area contributed by atoms with Crippen LogP contribution in [-0.4, -0.2) is 11.2 Å². The Morgan fingerprint density at radius 2 is 1.63 bits per heavy atom. The van der Waals surface area contributed by atoms with Crippen molar-refractivity contribution in [3.05, 3.63) is 33.8 Å². The van der Waals surface area contributed by atoms with Crippen LogP contribution in [0.5, 0.6) is 0 Å². The van der Waals surface area contributed by atoms with Crippen LogP contribution in [0.15, 0.2) is 18.2 Å². The topological polar surface area (TPSA) is 20.2 Å². The number of rotatable bonds is 3. The first-order valence-corrected chi connectivity index (χ1v) is 8.04. The molecule has 1 aliphatic rings. The van der Waals surface area contributed by atoms with Crippen LogP contribution >= 0.6 is 23.2 Å². The molecule has 1 fully saturated rings. The predicted octanol–water partition coefficient (Wildman–Crippen LogP) is 5.26. The Hall–Kier alpha value is -0.240. The fraction of sp³-hybridized carbons (Fsp3) is 0.625. The van der Waals surface area contributed by atoms with E-state index in [0.717, 1.165) is 18.4 Å². The Morgan fingerprint density at radius 3 is 2.26 bits per heavy atom. The van der Waals surface area contributed by atoms with E-state index >= 15 is 0 Å². The summed E-state index contributed by atoms with van der Waals surface area (Å²) in [7, 11) is 0. The van der Waals surface area contributed by atoms with Crippen molar-refractivity contribution in [2.45, 2.75) is 57.5 Å². The molecule has 1 atom stereocenters. The smallest absolute Gasteiger partial charge is 0.0608 e. The second-order valence-electron chi connectivity index (χ2n) is 5.63. The molecule has 0 aromatic heterocycles. The molecule has 0 bridgehead atoms. The van der Waals surface area contributed by atoms with Gasteiger partial charge in [0.2, 0.25) is 0 Å². The van der Waals surface area contributed by atoms with E-state index in [4.69, 9.17) is 23.2 Å². The number of aliphatic hydroxyl groups is 1. The highest BCUT2D eigenvalue weighted by atomic mass is 35.5. The molecule has 1 aromatic rings. The van der Waals surface area contributed by atoms with Gasteiger partial charge in [0.25, 0.3) is 0 Å². The summed E-state index contributed by atoms with van der Waals surface area (Å²) in [5.41, 5.74) is 1.07. The van der Waals surface area contributed by atoms with Crippen LogP contribution in [0, 0.1) is 5.92 Å². The van der Waals surface area contributed by atoms with Gasteiger partial charge in [-0.2, -0.15) is 0 Å². The van der Waals surface area contributed by atoms with Crippen molar-refractivity contribution in [1.29, 1.82) is 0 Å². The molecule has 19 heavy (non-hydrogen) atoms. The quantitative estimate of drug-likeness (QED) is 0.807. The van der Waals surface area contributed by atoms with Gasteiger partial charge in [-0.15, -0.1) is 0 Å². The molecule has 106 valence electrons. The van der Waals surface area contributed by atoms with Crippen LogP contribution in [0.2, 0.25) is 10.0 Å². The van der Waals surface area contributed by atoms with E-state index in [1.54, 1.807) is 0 Å². The lowest BCUT2D eigenvalue weighted by molar-refractivity contribution is 0.0913. The number of benzene rings is 1. The molecule has 0 heterocycles. The summed E-state index contributed by atoms with van der Waals surface area (Å²) in [4.78, 5) is 0. The van der Waals surface area contributed by atoms with E-state index in [1.807, 2.05) is 18.2 Å². The largest absolute Gasteiger partial charge is 0.392 e. The molecule has 1 aliphatic carbocycles. The molecule has 1 aromatic carbocycles. The van der Waals surface area contributed by atoms with Gasteiger partial charge in [0.05, 0.1) is 16.1 Å². The minimum absolute atomic E-state index is 0.254. The zero-order valence-electron chi connectivity index (χ0n) is 11.2. The van der Waals surface area contributed by atoms with Crippen molar-refractivity contribution >= 4 is 23.2 Å². The summed E-state index contributed by atoms with van der Waals surface area (Å²) in [5, 5.41) is 11.6. The van der Waals surface area contributed by atoms with E-state index in [1.165, 1.54) is 32.1 Å². The maximum Gasteiger partial charge on any atom is 0.0608 e. The summed E-state index contributed by atoms with van der Waals surface area (Å²) in [6.07, 6.45) is 9.23. The van der Waals surface area contributed by atoms with Gasteiger partial charge in [-0.05, 0) is 42.9 Å². The van der Waals surface area contributed by atoms with Crippen LogP contribution in [0.1, 0.15) is 50.5 Å². The van der Waals surface area contributed by atoms with Crippen molar-refractivity contribution < 1.29 is 5.11 Å². The van der Waals surface area contributed by atoms with Gasteiger partial charge < -0.3 is 5.11 Å². The van der Waals surface area contributed by atoms with Crippen molar-refractivity contribution in [2.75, 3.05) is 0 Å². The highest BCUT2D eigenvalue weighted by molar-refractivity contribution is 6.42. The molecule has 0 spiro atoms. The zero-order chi connectivity index (χ0) is 13.7. The van der Waals surface area contributed by atoms with Gasteiger partial charge in [0.15, 0.2) is 0 Å². The standard InChI is InChI=1S/C16H22Cl2O/c17-14-9-8-12(10-15(14)18)11-16(19)13-6-4-2-1-3-5-7-13/h8-10,13,16,19H,1-7,11H2. The summed E-state index contributed by atoms with van der Waals surface area (Å²) < 4.78 is 0. The van der Waals surface area contributed by atoms with Gasteiger partial charge in [0.1, 0.15) is 0 Å². The first-order valence-electron chi connectivity index (χ1n) is 7.29. The van der Waals surface area contributed by atoms with Crippen molar-refractivity contribution in [3.8, 4) is 0 Å². The minimum Gasteiger partial charge on any atom is -0.392 e. The molecule has 1 saturated carbocycles. The lowest BCUT2D eigenvalue weighted by atomic mass is 9.85. The molecule has 0 saturated heterocycles. The van der Waals surface area contributed by atoms with E-state index in [9.17, 15) is 5.11 Å². The molecule has 0 amide bonds. The first kappa shape index (κ1) is 15.2. The molecule has 2 rings (SSSR count). The molecular formula is C16H22Cl2O. The maximum absolute atomic E-state index is 10.4. The highest BCUT2D eigenvalue weighted by Crippen LogP contribution is 2.28. The maximum atomic E-state index is 10.4. The molecule has 1 unspecified atom stereocenters. The van der Waals surface area contributed by atoms with Crippen molar-refractivity contribution in [1.82, 2.24) is 0 Å². The monoisotopic (exact) mass is 300 g/mol. The van der Waals surface area contributed by atoms with Crippen LogP contribution in [0.3, 0.4) is 0 Å². The number of hydrogen-bond donors (Lipinski definition) is 1. The minimum atomic E-state index is -0.254.